The maximum atomic E-state index is 13.5. The van der Waals surface area contributed by atoms with Crippen LogP contribution in [-0.4, -0.2) is 51.9 Å². The van der Waals surface area contributed by atoms with E-state index >= 15 is 0 Å². The molecule has 0 saturated carbocycles. The fourth-order valence-corrected chi connectivity index (χ4v) is 3.47. The molecule has 0 radical (unpaired) electrons. The molecule has 0 aliphatic rings. The first kappa shape index (κ1) is 27.5. The Labute approximate surface area is 210 Å². The number of carbonyl (C=O) groups excluding carboxylic acids is 3. The third-order valence-corrected chi connectivity index (χ3v) is 5.14. The lowest BCUT2D eigenvalue weighted by molar-refractivity contribution is -0.141. The number of aromatic hydroxyl groups is 1. The van der Waals surface area contributed by atoms with Gasteiger partial charge in [0.2, 0.25) is 11.8 Å². The number of nitriles is 1. The number of benzene rings is 2. The molecule has 0 fully saturated rings. The summed E-state index contributed by atoms with van der Waals surface area (Å²) in [5, 5.41) is 24.4. The maximum absolute atomic E-state index is 13.5. The molecular weight excluding hydrogens is 468 g/mol. The van der Waals surface area contributed by atoms with Crippen molar-refractivity contribution in [1.82, 2.24) is 15.5 Å². The topological polar surface area (TPSA) is 132 Å². The van der Waals surface area contributed by atoms with Crippen LogP contribution in [0.1, 0.15) is 37.9 Å². The number of hydrogen-bond acceptors (Lipinski definition) is 7. The number of carbonyl (C=O) groups is 3. The predicted octanol–water partition coefficient (Wildman–Crippen LogP) is 2.92. The molecule has 0 spiro atoms. The molecule has 2 aromatic carbocycles. The highest BCUT2D eigenvalue weighted by Crippen LogP contribution is 2.24. The zero-order chi connectivity index (χ0) is 26.0. The van der Waals surface area contributed by atoms with Crippen molar-refractivity contribution in [3.63, 3.8) is 0 Å². The Morgan fingerprint density at radius 3 is 2.29 bits per heavy atom. The average molecular weight is 499 g/mol. The quantitative estimate of drug-likeness (QED) is 0.311. The Bertz CT molecular complexity index is 1050. The SMILES string of the molecule is CC(C)(C)OC(=O)NC(CS)C(=O)N(CC#N)C(C(=O)NCc1ccccc1)c1ccc(O)cc1. The zero-order valence-electron chi connectivity index (χ0n) is 19.9. The van der Waals surface area contributed by atoms with E-state index in [0.717, 1.165) is 10.5 Å². The molecular formula is C25H30N4O5S. The van der Waals surface area contributed by atoms with Crippen molar-refractivity contribution in [2.24, 2.45) is 0 Å². The molecule has 2 atom stereocenters. The highest BCUT2D eigenvalue weighted by Gasteiger charge is 2.35. The van der Waals surface area contributed by atoms with E-state index in [4.69, 9.17) is 4.74 Å². The molecule has 0 bridgehead atoms. The number of nitrogens with zero attached hydrogens (tertiary/aromatic N) is 2. The smallest absolute Gasteiger partial charge is 0.408 e. The van der Waals surface area contributed by atoms with Crippen LogP contribution < -0.4 is 10.6 Å². The number of hydrogen-bond donors (Lipinski definition) is 4. The first-order chi connectivity index (χ1) is 16.6. The molecule has 0 heterocycles. The molecule has 0 aromatic heterocycles. The second-order valence-corrected chi connectivity index (χ2v) is 9.07. The second kappa shape index (κ2) is 12.7. The summed E-state index contributed by atoms with van der Waals surface area (Å²) in [5.41, 5.74) is 0.447. The van der Waals surface area contributed by atoms with Gasteiger partial charge in [-0.25, -0.2) is 4.79 Å². The maximum Gasteiger partial charge on any atom is 0.408 e. The van der Waals surface area contributed by atoms with Crippen LogP contribution in [0.3, 0.4) is 0 Å². The zero-order valence-corrected chi connectivity index (χ0v) is 20.8. The van der Waals surface area contributed by atoms with Gasteiger partial charge in [-0.05, 0) is 44.0 Å². The van der Waals surface area contributed by atoms with E-state index in [1.54, 1.807) is 20.8 Å². The van der Waals surface area contributed by atoms with Gasteiger partial charge in [0.05, 0.1) is 6.07 Å². The van der Waals surface area contributed by atoms with Gasteiger partial charge in [0.1, 0.15) is 30.0 Å². The minimum Gasteiger partial charge on any atom is -0.508 e. The highest BCUT2D eigenvalue weighted by molar-refractivity contribution is 7.80. The van der Waals surface area contributed by atoms with E-state index in [1.807, 2.05) is 36.4 Å². The van der Waals surface area contributed by atoms with Crippen LogP contribution in [0.5, 0.6) is 5.75 Å². The lowest BCUT2D eigenvalue weighted by atomic mass is 10.0. The first-order valence-corrected chi connectivity index (χ1v) is 11.6. The van der Waals surface area contributed by atoms with Crippen molar-refractivity contribution in [1.29, 1.82) is 5.26 Å². The van der Waals surface area contributed by atoms with E-state index in [0.29, 0.717) is 5.56 Å². The predicted molar refractivity (Wildman–Crippen MR) is 133 cm³/mol. The van der Waals surface area contributed by atoms with Crippen molar-refractivity contribution >= 4 is 30.5 Å². The van der Waals surface area contributed by atoms with Gasteiger partial charge in [-0.3, -0.25) is 9.59 Å². The molecule has 2 aromatic rings. The van der Waals surface area contributed by atoms with E-state index < -0.39 is 42.1 Å². The summed E-state index contributed by atoms with van der Waals surface area (Å²) in [4.78, 5) is 40.1. The Balaban J connectivity index is 2.35. The van der Waals surface area contributed by atoms with Crippen LogP contribution in [0, 0.1) is 11.3 Å². The van der Waals surface area contributed by atoms with Gasteiger partial charge in [0.15, 0.2) is 0 Å². The van der Waals surface area contributed by atoms with E-state index in [2.05, 4.69) is 23.3 Å². The minimum atomic E-state index is -1.20. The lowest BCUT2D eigenvalue weighted by Crippen LogP contribution is -2.53. The molecule has 0 aliphatic carbocycles. The third-order valence-electron chi connectivity index (χ3n) is 4.77. The van der Waals surface area contributed by atoms with E-state index in [1.165, 1.54) is 24.3 Å². The third kappa shape index (κ3) is 8.54. The number of amides is 3. The average Bonchev–Trinajstić information content (AvgIpc) is 2.81. The van der Waals surface area contributed by atoms with Crippen LogP contribution in [0.15, 0.2) is 54.6 Å². The molecule has 2 rings (SSSR count). The summed E-state index contributed by atoms with van der Waals surface area (Å²) in [6, 6.07) is 14.5. The summed E-state index contributed by atoms with van der Waals surface area (Å²) in [6.45, 7) is 4.83. The minimum absolute atomic E-state index is 0.0184. The Morgan fingerprint density at radius 1 is 1.11 bits per heavy atom. The van der Waals surface area contributed by atoms with Crippen LogP contribution in [-0.2, 0) is 20.9 Å². The van der Waals surface area contributed by atoms with Crippen molar-refractivity contribution in [3.05, 3.63) is 65.7 Å². The van der Waals surface area contributed by atoms with Crippen LogP contribution >= 0.6 is 12.6 Å². The van der Waals surface area contributed by atoms with Crippen molar-refractivity contribution < 1.29 is 24.2 Å². The fraction of sp³-hybridized carbons (Fsp3) is 0.360. The summed E-state index contributed by atoms with van der Waals surface area (Å²) in [6.07, 6.45) is -0.823. The van der Waals surface area contributed by atoms with Crippen LogP contribution in [0.4, 0.5) is 4.79 Å². The number of phenolic OH excluding ortho intramolecular Hbond substituents is 1. The highest BCUT2D eigenvalue weighted by atomic mass is 32.1. The number of rotatable bonds is 9. The van der Waals surface area contributed by atoms with Crippen LogP contribution in [0.2, 0.25) is 0 Å². The summed E-state index contributed by atoms with van der Waals surface area (Å²) in [5.74, 6) is -1.32. The van der Waals surface area contributed by atoms with Crippen molar-refractivity contribution in [2.75, 3.05) is 12.3 Å². The van der Waals surface area contributed by atoms with E-state index in [-0.39, 0.29) is 18.0 Å². The van der Waals surface area contributed by atoms with Crippen molar-refractivity contribution in [3.8, 4) is 11.8 Å². The normalized spacial score (nSPS) is 12.5. The van der Waals surface area contributed by atoms with Gasteiger partial charge in [-0.2, -0.15) is 17.9 Å². The molecule has 35 heavy (non-hydrogen) atoms. The Morgan fingerprint density at radius 2 is 1.74 bits per heavy atom. The monoisotopic (exact) mass is 498 g/mol. The number of nitrogens with one attached hydrogen (secondary N) is 2. The van der Waals surface area contributed by atoms with Gasteiger partial charge in [0.25, 0.3) is 0 Å². The number of thiol groups is 1. The van der Waals surface area contributed by atoms with E-state index in [9.17, 15) is 24.8 Å². The van der Waals surface area contributed by atoms with Crippen LogP contribution in [0.25, 0.3) is 0 Å². The van der Waals surface area contributed by atoms with Gasteiger partial charge in [0, 0.05) is 12.3 Å². The van der Waals surface area contributed by atoms with Gasteiger partial charge in [-0.1, -0.05) is 42.5 Å². The fourth-order valence-electron chi connectivity index (χ4n) is 3.22. The summed E-state index contributed by atoms with van der Waals surface area (Å²) in [7, 11) is 0. The van der Waals surface area contributed by atoms with Gasteiger partial charge in [-0.15, -0.1) is 0 Å². The molecule has 9 nitrogen and oxygen atoms in total. The largest absolute Gasteiger partial charge is 0.508 e. The molecule has 3 amide bonds. The van der Waals surface area contributed by atoms with Crippen molar-refractivity contribution in [2.45, 2.75) is 45.0 Å². The Hall–Kier alpha value is -3.71. The molecule has 10 heteroatoms. The molecule has 3 N–H and O–H groups in total. The summed E-state index contributed by atoms with van der Waals surface area (Å²) >= 11 is 4.18. The molecule has 2 unspecified atom stereocenters. The number of phenols is 1. The number of alkyl carbamates (subject to hydrolysis) is 1. The van der Waals surface area contributed by atoms with Gasteiger partial charge >= 0.3 is 6.09 Å². The molecule has 186 valence electrons. The summed E-state index contributed by atoms with van der Waals surface area (Å²) < 4.78 is 5.23. The second-order valence-electron chi connectivity index (χ2n) is 8.70. The van der Waals surface area contributed by atoms with Gasteiger partial charge < -0.3 is 25.4 Å². The lowest BCUT2D eigenvalue weighted by Gasteiger charge is -2.32. The number of ether oxygens (including phenoxy) is 1. The molecule has 0 saturated heterocycles. The first-order valence-electron chi connectivity index (χ1n) is 10.9. The Kier molecular flexibility index (Phi) is 9.97. The standard InChI is InChI=1S/C25H30N4O5S/c1-25(2,3)34-24(33)28-20(16-35)23(32)29(14-13-26)21(18-9-11-19(30)12-10-18)22(31)27-15-17-7-5-4-6-8-17/h4-12,20-21,30,35H,14-16H2,1-3H3,(H,27,31)(H,28,33). The molecule has 0 aliphatic heterocycles.